The van der Waals surface area contributed by atoms with Gasteiger partial charge in [0.15, 0.2) is 0 Å². The van der Waals surface area contributed by atoms with Crippen LogP contribution in [0.3, 0.4) is 0 Å². The van der Waals surface area contributed by atoms with Crippen LogP contribution >= 0.6 is 0 Å². The van der Waals surface area contributed by atoms with Gasteiger partial charge in [0.2, 0.25) is 0 Å². The van der Waals surface area contributed by atoms with Crippen LogP contribution in [-0.2, 0) is 12.8 Å². The number of aromatic nitrogens is 2. The van der Waals surface area contributed by atoms with E-state index in [0.717, 1.165) is 30.9 Å². The zero-order valence-corrected chi connectivity index (χ0v) is 12.5. The van der Waals surface area contributed by atoms with Crippen LogP contribution in [0.2, 0.25) is 0 Å². The van der Waals surface area contributed by atoms with E-state index in [1.165, 1.54) is 11.3 Å². The summed E-state index contributed by atoms with van der Waals surface area (Å²) in [7, 11) is 0. The van der Waals surface area contributed by atoms with Crippen LogP contribution < -0.4 is 16.2 Å². The number of nitrogens with one attached hydrogen (secondary N) is 1. The van der Waals surface area contributed by atoms with Gasteiger partial charge in [-0.3, -0.25) is 0 Å². The van der Waals surface area contributed by atoms with E-state index in [-0.39, 0.29) is 0 Å². The molecule has 0 saturated carbocycles. The van der Waals surface area contributed by atoms with Crippen molar-refractivity contribution in [3.05, 3.63) is 41.7 Å². The highest BCUT2D eigenvalue weighted by atomic mass is 15.3. The van der Waals surface area contributed by atoms with Crippen molar-refractivity contribution in [3.63, 3.8) is 0 Å². The molecule has 0 aliphatic carbocycles. The topological polar surface area (TPSA) is 67.1 Å². The zero-order valence-electron chi connectivity index (χ0n) is 12.5. The quantitative estimate of drug-likeness (QED) is 0.669. The highest BCUT2D eigenvalue weighted by Gasteiger charge is 2.25. The normalized spacial score (nSPS) is 17.5. The van der Waals surface area contributed by atoms with Crippen LogP contribution in [0, 0.1) is 0 Å². The third-order valence-corrected chi connectivity index (χ3v) is 3.99. The lowest BCUT2D eigenvalue weighted by molar-refractivity contribution is 0.612. The Balaban J connectivity index is 2.11. The monoisotopic (exact) mass is 283 g/mol. The molecule has 0 saturated heterocycles. The first-order valence-corrected chi connectivity index (χ1v) is 7.44. The Bertz CT molecular complexity index is 618. The van der Waals surface area contributed by atoms with Crippen LogP contribution in [0.15, 0.2) is 30.3 Å². The summed E-state index contributed by atoms with van der Waals surface area (Å²) in [5, 5.41) is 0. The average molecular weight is 283 g/mol. The molecule has 0 bridgehead atoms. The first-order valence-electron chi connectivity index (χ1n) is 7.44. The van der Waals surface area contributed by atoms with Crippen LogP contribution in [0.1, 0.15) is 31.7 Å². The Labute approximate surface area is 125 Å². The van der Waals surface area contributed by atoms with Gasteiger partial charge in [-0.15, -0.1) is 0 Å². The zero-order chi connectivity index (χ0) is 14.8. The first-order chi connectivity index (χ1) is 10.2. The van der Waals surface area contributed by atoms with E-state index in [9.17, 15) is 0 Å². The number of hydrogen-bond donors (Lipinski definition) is 2. The maximum Gasteiger partial charge on any atom is 0.145 e. The number of anilines is 3. The SMILES string of the molecule is CCc1nc(NN)cc(N2c3ccccc3CCC2C)n1. The van der Waals surface area contributed by atoms with Gasteiger partial charge in [-0.1, -0.05) is 25.1 Å². The molecule has 1 atom stereocenters. The minimum absolute atomic E-state index is 0.408. The van der Waals surface area contributed by atoms with E-state index in [0.29, 0.717) is 11.9 Å². The molecule has 3 rings (SSSR count). The molecule has 3 N–H and O–H groups in total. The van der Waals surface area contributed by atoms with Crippen LogP contribution in [0.5, 0.6) is 0 Å². The molecule has 1 aromatic heterocycles. The number of benzene rings is 1. The van der Waals surface area contributed by atoms with Gasteiger partial charge in [0.25, 0.3) is 0 Å². The van der Waals surface area contributed by atoms with Crippen molar-refractivity contribution in [1.82, 2.24) is 9.97 Å². The van der Waals surface area contributed by atoms with E-state index < -0.39 is 0 Å². The maximum absolute atomic E-state index is 5.54. The predicted molar refractivity (Wildman–Crippen MR) is 85.6 cm³/mol. The van der Waals surface area contributed by atoms with E-state index in [1.807, 2.05) is 13.0 Å². The second-order valence-electron chi connectivity index (χ2n) is 5.41. The number of aryl methyl sites for hydroxylation is 2. The average Bonchev–Trinajstić information content (AvgIpc) is 2.54. The largest absolute Gasteiger partial charge is 0.323 e. The number of fused-ring (bicyclic) bond motifs is 1. The van der Waals surface area contributed by atoms with Gasteiger partial charge in [0, 0.05) is 24.2 Å². The molecule has 0 spiro atoms. The Morgan fingerprint density at radius 2 is 2.14 bits per heavy atom. The molecule has 5 nitrogen and oxygen atoms in total. The fourth-order valence-corrected chi connectivity index (χ4v) is 2.88. The number of nitrogens with two attached hydrogens (primary N) is 1. The lowest BCUT2D eigenvalue weighted by atomic mass is 9.96. The van der Waals surface area contributed by atoms with E-state index in [1.54, 1.807) is 0 Å². The van der Waals surface area contributed by atoms with Crippen LogP contribution in [0.4, 0.5) is 17.3 Å². The third-order valence-electron chi connectivity index (χ3n) is 3.99. The van der Waals surface area contributed by atoms with Crippen molar-refractivity contribution in [2.24, 2.45) is 5.84 Å². The Hall–Kier alpha value is -2.14. The number of nitrogens with zero attached hydrogens (tertiary/aromatic N) is 3. The molecule has 2 aromatic rings. The molecule has 21 heavy (non-hydrogen) atoms. The summed E-state index contributed by atoms with van der Waals surface area (Å²) in [5.74, 6) is 7.91. The second kappa shape index (κ2) is 5.69. The highest BCUT2D eigenvalue weighted by molar-refractivity contribution is 5.68. The number of rotatable bonds is 3. The summed E-state index contributed by atoms with van der Waals surface area (Å²) >= 11 is 0. The van der Waals surface area contributed by atoms with Crippen molar-refractivity contribution in [2.75, 3.05) is 10.3 Å². The molecular weight excluding hydrogens is 262 g/mol. The second-order valence-corrected chi connectivity index (χ2v) is 5.41. The van der Waals surface area contributed by atoms with Gasteiger partial charge < -0.3 is 10.3 Å². The van der Waals surface area contributed by atoms with E-state index in [2.05, 4.69) is 46.5 Å². The number of hydrogen-bond acceptors (Lipinski definition) is 5. The molecule has 0 radical (unpaired) electrons. The molecule has 1 aliphatic rings. The Morgan fingerprint density at radius 3 is 2.90 bits per heavy atom. The smallest absolute Gasteiger partial charge is 0.145 e. The maximum atomic E-state index is 5.54. The summed E-state index contributed by atoms with van der Waals surface area (Å²) in [5.41, 5.74) is 5.25. The van der Waals surface area contributed by atoms with Crippen molar-refractivity contribution in [3.8, 4) is 0 Å². The fourth-order valence-electron chi connectivity index (χ4n) is 2.88. The van der Waals surface area contributed by atoms with Gasteiger partial charge in [-0.25, -0.2) is 15.8 Å². The van der Waals surface area contributed by atoms with Gasteiger partial charge in [0.1, 0.15) is 17.5 Å². The molecule has 2 heterocycles. The molecule has 110 valence electrons. The summed E-state index contributed by atoms with van der Waals surface area (Å²) in [6.45, 7) is 4.28. The van der Waals surface area contributed by atoms with E-state index in [4.69, 9.17) is 10.8 Å². The van der Waals surface area contributed by atoms with Gasteiger partial charge >= 0.3 is 0 Å². The summed E-state index contributed by atoms with van der Waals surface area (Å²) in [4.78, 5) is 11.4. The van der Waals surface area contributed by atoms with Crippen molar-refractivity contribution in [2.45, 2.75) is 39.2 Å². The minimum atomic E-state index is 0.408. The lowest BCUT2D eigenvalue weighted by Crippen LogP contribution is -2.34. The van der Waals surface area contributed by atoms with Crippen molar-refractivity contribution >= 4 is 17.3 Å². The Kier molecular flexibility index (Phi) is 3.75. The number of para-hydroxylation sites is 1. The van der Waals surface area contributed by atoms with Crippen molar-refractivity contribution < 1.29 is 0 Å². The predicted octanol–water partition coefficient (Wildman–Crippen LogP) is 2.80. The Morgan fingerprint density at radius 1 is 1.33 bits per heavy atom. The molecule has 1 unspecified atom stereocenters. The standard InChI is InChI=1S/C16H21N5/c1-3-14-18-15(20-17)10-16(19-14)21-11(2)8-9-12-6-4-5-7-13(12)21/h4-7,10-11H,3,8-9,17H2,1-2H3,(H,18,19,20). The number of hydrazine groups is 1. The highest BCUT2D eigenvalue weighted by Crippen LogP contribution is 2.36. The molecular formula is C16H21N5. The van der Waals surface area contributed by atoms with Gasteiger partial charge in [-0.05, 0) is 31.4 Å². The number of nitrogen functional groups attached to an aromatic ring is 1. The van der Waals surface area contributed by atoms with E-state index >= 15 is 0 Å². The summed E-state index contributed by atoms with van der Waals surface area (Å²) in [6.07, 6.45) is 3.02. The van der Waals surface area contributed by atoms with Crippen molar-refractivity contribution in [1.29, 1.82) is 0 Å². The first kappa shape index (κ1) is 13.8. The fraction of sp³-hybridized carbons (Fsp3) is 0.375. The molecule has 1 aliphatic heterocycles. The van der Waals surface area contributed by atoms with Crippen LogP contribution in [0.25, 0.3) is 0 Å². The lowest BCUT2D eigenvalue weighted by Gasteiger charge is -2.36. The molecule has 1 aromatic carbocycles. The van der Waals surface area contributed by atoms with Gasteiger partial charge in [-0.2, -0.15) is 0 Å². The summed E-state index contributed by atoms with van der Waals surface area (Å²) < 4.78 is 0. The van der Waals surface area contributed by atoms with Crippen LogP contribution in [-0.4, -0.2) is 16.0 Å². The molecule has 0 amide bonds. The minimum Gasteiger partial charge on any atom is -0.323 e. The van der Waals surface area contributed by atoms with Gasteiger partial charge in [0.05, 0.1) is 0 Å². The third kappa shape index (κ3) is 2.56. The molecule has 0 fully saturated rings. The molecule has 5 heteroatoms. The summed E-state index contributed by atoms with van der Waals surface area (Å²) in [6, 6.07) is 10.8.